The van der Waals surface area contributed by atoms with Crippen LogP contribution in [0.25, 0.3) is 0 Å². The fraction of sp³-hybridized carbons (Fsp3) is 0.167. The van der Waals surface area contributed by atoms with Gasteiger partial charge in [-0.3, -0.25) is 0 Å². The number of ether oxygens (including phenoxy) is 2. The maximum Gasteiger partial charge on any atom is 0.231 e. The van der Waals surface area contributed by atoms with Crippen LogP contribution in [-0.2, 0) is 6.54 Å². The Morgan fingerprint density at radius 1 is 1.22 bits per heavy atom. The van der Waals surface area contributed by atoms with E-state index in [1.54, 1.807) is 12.4 Å². The Morgan fingerprint density at radius 3 is 3.00 bits per heavy atom. The zero-order chi connectivity index (χ0) is 12.4. The maximum absolute atomic E-state index is 5.71. The first kappa shape index (κ1) is 10.6. The summed E-state index contributed by atoms with van der Waals surface area (Å²) in [6, 6.07) is 5.76. The van der Waals surface area contributed by atoms with Gasteiger partial charge in [-0.2, -0.15) is 0 Å². The normalized spacial score (nSPS) is 12.4. The molecule has 0 spiro atoms. The number of para-hydroxylation sites is 1. The van der Waals surface area contributed by atoms with Gasteiger partial charge >= 0.3 is 0 Å². The highest BCUT2D eigenvalue weighted by Gasteiger charge is 2.17. The van der Waals surface area contributed by atoms with Crippen molar-refractivity contribution in [3.63, 3.8) is 0 Å². The summed E-state index contributed by atoms with van der Waals surface area (Å²) in [5.74, 6) is 2.48. The molecule has 1 aliphatic rings. The number of nitrogens with zero attached hydrogens (tertiary/aromatic N) is 2. The molecule has 3 rings (SSSR count). The summed E-state index contributed by atoms with van der Waals surface area (Å²) in [5.41, 5.74) is 6.70. The van der Waals surface area contributed by atoms with Gasteiger partial charge in [0, 0.05) is 24.5 Å². The number of benzene rings is 1. The van der Waals surface area contributed by atoms with Gasteiger partial charge in [-0.1, -0.05) is 12.1 Å². The molecule has 0 radical (unpaired) electrons. The van der Waals surface area contributed by atoms with Crippen LogP contribution in [0.1, 0.15) is 5.56 Å². The summed E-state index contributed by atoms with van der Waals surface area (Å²) in [6.07, 6.45) is 3.14. The highest BCUT2D eigenvalue weighted by molar-refractivity contribution is 5.56. The molecule has 0 aliphatic carbocycles. The third kappa shape index (κ3) is 1.88. The number of hydrogen-bond donors (Lipinski definition) is 2. The van der Waals surface area contributed by atoms with Crippen molar-refractivity contribution in [1.29, 1.82) is 0 Å². The van der Waals surface area contributed by atoms with Gasteiger partial charge in [0.15, 0.2) is 23.1 Å². The fourth-order valence-corrected chi connectivity index (χ4v) is 1.79. The van der Waals surface area contributed by atoms with Crippen LogP contribution in [0.15, 0.2) is 30.6 Å². The molecule has 0 bridgehead atoms. The van der Waals surface area contributed by atoms with Gasteiger partial charge in [0.1, 0.15) is 0 Å². The van der Waals surface area contributed by atoms with Gasteiger partial charge in [0.2, 0.25) is 6.79 Å². The molecule has 0 saturated heterocycles. The number of nitrogens with one attached hydrogen (secondary N) is 1. The Hall–Kier alpha value is -2.50. The smallest absolute Gasteiger partial charge is 0.231 e. The van der Waals surface area contributed by atoms with Crippen molar-refractivity contribution in [2.24, 2.45) is 0 Å². The molecule has 3 N–H and O–H groups in total. The van der Waals surface area contributed by atoms with Crippen molar-refractivity contribution >= 4 is 11.6 Å². The van der Waals surface area contributed by atoms with E-state index >= 15 is 0 Å². The summed E-state index contributed by atoms with van der Waals surface area (Å²) in [6.45, 7) is 0.815. The highest BCUT2D eigenvalue weighted by Crippen LogP contribution is 2.35. The molecule has 2 aromatic rings. The third-order valence-corrected chi connectivity index (χ3v) is 2.65. The third-order valence-electron chi connectivity index (χ3n) is 2.65. The highest BCUT2D eigenvalue weighted by atomic mass is 16.7. The second-order valence-corrected chi connectivity index (χ2v) is 3.79. The molecule has 0 atom stereocenters. The van der Waals surface area contributed by atoms with Gasteiger partial charge in [-0.25, -0.2) is 9.97 Å². The van der Waals surface area contributed by atoms with Crippen LogP contribution in [0.3, 0.4) is 0 Å². The minimum atomic E-state index is 0.264. The largest absolute Gasteiger partial charge is 0.454 e. The number of anilines is 2. The van der Waals surface area contributed by atoms with E-state index in [1.807, 2.05) is 18.2 Å². The minimum Gasteiger partial charge on any atom is -0.454 e. The first-order valence-corrected chi connectivity index (χ1v) is 5.52. The van der Waals surface area contributed by atoms with Crippen molar-refractivity contribution < 1.29 is 9.47 Å². The summed E-state index contributed by atoms with van der Waals surface area (Å²) in [4.78, 5) is 8.08. The van der Waals surface area contributed by atoms with Crippen LogP contribution >= 0.6 is 0 Å². The summed E-state index contributed by atoms with van der Waals surface area (Å²) >= 11 is 0. The lowest BCUT2D eigenvalue weighted by Gasteiger charge is -2.09. The molecule has 1 aliphatic heterocycles. The zero-order valence-electron chi connectivity index (χ0n) is 9.59. The van der Waals surface area contributed by atoms with Crippen LogP contribution in [0.4, 0.5) is 11.6 Å². The number of nitrogens with two attached hydrogens (primary N) is 1. The Balaban J connectivity index is 1.78. The van der Waals surface area contributed by atoms with Crippen LogP contribution in [0, 0.1) is 0 Å². The van der Waals surface area contributed by atoms with E-state index in [9.17, 15) is 0 Å². The topological polar surface area (TPSA) is 82.3 Å². The van der Waals surface area contributed by atoms with E-state index in [0.717, 1.165) is 17.1 Å². The Labute approximate surface area is 104 Å². The molecule has 2 heterocycles. The molecule has 0 unspecified atom stereocenters. The van der Waals surface area contributed by atoms with Gasteiger partial charge in [0.05, 0.1) is 0 Å². The second-order valence-electron chi connectivity index (χ2n) is 3.79. The summed E-state index contributed by atoms with van der Waals surface area (Å²) < 4.78 is 10.7. The quantitative estimate of drug-likeness (QED) is 0.849. The van der Waals surface area contributed by atoms with Crippen molar-refractivity contribution in [1.82, 2.24) is 9.97 Å². The van der Waals surface area contributed by atoms with E-state index in [1.165, 1.54) is 0 Å². The maximum atomic E-state index is 5.71. The molecule has 1 aromatic heterocycles. The fourth-order valence-electron chi connectivity index (χ4n) is 1.79. The molecule has 0 fully saturated rings. The Morgan fingerprint density at radius 2 is 2.11 bits per heavy atom. The molecule has 6 nitrogen and oxygen atoms in total. The SMILES string of the molecule is Nc1nccnc1NCc1cccc2c1OCO2. The molecule has 6 heteroatoms. The van der Waals surface area contributed by atoms with Crippen LogP contribution in [0.2, 0.25) is 0 Å². The zero-order valence-corrected chi connectivity index (χ0v) is 9.59. The Kier molecular flexibility index (Phi) is 2.60. The van der Waals surface area contributed by atoms with Gasteiger partial charge < -0.3 is 20.5 Å². The average molecular weight is 244 g/mol. The lowest BCUT2D eigenvalue weighted by atomic mass is 10.2. The summed E-state index contributed by atoms with van der Waals surface area (Å²) in [5, 5.41) is 3.12. The lowest BCUT2D eigenvalue weighted by molar-refractivity contribution is 0.173. The van der Waals surface area contributed by atoms with Crippen molar-refractivity contribution in [2.75, 3.05) is 17.8 Å². The molecular formula is C12H12N4O2. The van der Waals surface area contributed by atoms with Gasteiger partial charge in [-0.05, 0) is 6.07 Å². The molecular weight excluding hydrogens is 232 g/mol. The number of rotatable bonds is 3. The number of hydrogen-bond acceptors (Lipinski definition) is 6. The number of nitrogen functional groups attached to an aromatic ring is 1. The van der Waals surface area contributed by atoms with E-state index in [2.05, 4.69) is 15.3 Å². The van der Waals surface area contributed by atoms with Crippen LogP contribution in [-0.4, -0.2) is 16.8 Å². The number of fused-ring (bicyclic) bond motifs is 1. The van der Waals surface area contributed by atoms with Crippen molar-refractivity contribution in [2.45, 2.75) is 6.54 Å². The van der Waals surface area contributed by atoms with Gasteiger partial charge in [-0.15, -0.1) is 0 Å². The predicted molar refractivity (Wildman–Crippen MR) is 66.3 cm³/mol. The molecule has 92 valence electrons. The second kappa shape index (κ2) is 4.40. The van der Waals surface area contributed by atoms with E-state index in [0.29, 0.717) is 18.2 Å². The lowest BCUT2D eigenvalue weighted by Crippen LogP contribution is -2.06. The van der Waals surface area contributed by atoms with Crippen LogP contribution < -0.4 is 20.5 Å². The van der Waals surface area contributed by atoms with Gasteiger partial charge in [0.25, 0.3) is 0 Å². The molecule has 18 heavy (non-hydrogen) atoms. The molecule has 0 amide bonds. The van der Waals surface area contributed by atoms with Crippen molar-refractivity contribution in [3.05, 3.63) is 36.2 Å². The van der Waals surface area contributed by atoms with E-state index < -0.39 is 0 Å². The monoisotopic (exact) mass is 244 g/mol. The van der Waals surface area contributed by atoms with Crippen molar-refractivity contribution in [3.8, 4) is 11.5 Å². The number of aromatic nitrogens is 2. The minimum absolute atomic E-state index is 0.264. The first-order chi connectivity index (χ1) is 8.84. The molecule has 0 saturated carbocycles. The summed E-state index contributed by atoms with van der Waals surface area (Å²) in [7, 11) is 0. The van der Waals surface area contributed by atoms with E-state index in [4.69, 9.17) is 15.2 Å². The Bertz CT molecular complexity index is 574. The average Bonchev–Trinajstić information content (AvgIpc) is 2.86. The molecule has 1 aromatic carbocycles. The predicted octanol–water partition coefficient (Wildman–Crippen LogP) is 1.40. The van der Waals surface area contributed by atoms with Crippen LogP contribution in [0.5, 0.6) is 11.5 Å². The standard InChI is InChI=1S/C12H12N4O2/c13-11-12(15-5-4-14-11)16-6-8-2-1-3-9-10(8)18-7-17-9/h1-5H,6-7H2,(H2,13,14)(H,15,16). The first-order valence-electron chi connectivity index (χ1n) is 5.52. The van der Waals surface area contributed by atoms with E-state index in [-0.39, 0.29) is 6.79 Å².